The third-order valence-electron chi connectivity index (χ3n) is 6.62. The van der Waals surface area contributed by atoms with Crippen LogP contribution in [0.1, 0.15) is 44.7 Å². The van der Waals surface area contributed by atoms with E-state index < -0.39 is 0 Å². The summed E-state index contributed by atoms with van der Waals surface area (Å²) in [5.74, 6) is 8.61. The predicted octanol–water partition coefficient (Wildman–Crippen LogP) is 4.76. The first-order chi connectivity index (χ1) is 15.4. The fourth-order valence-electron chi connectivity index (χ4n) is 4.35. The molecule has 172 valence electrons. The molecule has 4 N–H and O–H groups in total. The maximum Gasteiger partial charge on any atom is 0.115 e. The number of benzene rings is 2. The van der Waals surface area contributed by atoms with E-state index in [1.807, 2.05) is 19.1 Å². The minimum atomic E-state index is -0.120. The molecule has 0 bridgehead atoms. The second kappa shape index (κ2) is 11.3. The monoisotopic (exact) mass is 433 g/mol. The fourth-order valence-corrected chi connectivity index (χ4v) is 4.35. The standard InChI is InChI=1S/C27H39N5/c1-5-25(19-28)30-21(4)32(29)27-12-8-23(9-13-27)18-22-6-10-26(11-7-22)31-16-14-24(15-17-31)20(2)3/h5-13,20,24-25H,1,14-19,28-29H2,2-4H3. The van der Waals surface area contributed by atoms with E-state index >= 15 is 0 Å². The summed E-state index contributed by atoms with van der Waals surface area (Å²) in [6, 6.07) is 17.3. The van der Waals surface area contributed by atoms with Crippen molar-refractivity contribution in [2.75, 3.05) is 29.5 Å². The Morgan fingerprint density at radius 3 is 2.16 bits per heavy atom. The van der Waals surface area contributed by atoms with Crippen LogP contribution >= 0.6 is 0 Å². The average molecular weight is 434 g/mol. The summed E-state index contributed by atoms with van der Waals surface area (Å²) < 4.78 is 0. The first-order valence-corrected chi connectivity index (χ1v) is 11.8. The first-order valence-electron chi connectivity index (χ1n) is 11.8. The molecule has 3 rings (SSSR count). The van der Waals surface area contributed by atoms with Crippen molar-refractivity contribution in [3.05, 3.63) is 72.3 Å². The number of nitrogens with two attached hydrogens (primary N) is 2. The van der Waals surface area contributed by atoms with E-state index in [1.54, 1.807) is 11.1 Å². The van der Waals surface area contributed by atoms with Crippen LogP contribution in [-0.2, 0) is 6.42 Å². The van der Waals surface area contributed by atoms with E-state index in [1.165, 1.54) is 42.7 Å². The highest BCUT2D eigenvalue weighted by molar-refractivity contribution is 5.95. The van der Waals surface area contributed by atoms with Crippen molar-refractivity contribution in [2.24, 2.45) is 28.4 Å². The Balaban J connectivity index is 1.58. The topological polar surface area (TPSA) is 70.9 Å². The Labute approximate surface area is 193 Å². The molecular weight excluding hydrogens is 394 g/mol. The van der Waals surface area contributed by atoms with Gasteiger partial charge in [0.1, 0.15) is 5.84 Å². The summed E-state index contributed by atoms with van der Waals surface area (Å²) in [6.07, 6.45) is 5.24. The molecule has 1 aliphatic rings. The highest BCUT2D eigenvalue weighted by Crippen LogP contribution is 2.28. The fraction of sp³-hybridized carbons (Fsp3) is 0.444. The van der Waals surface area contributed by atoms with Crippen LogP contribution < -0.4 is 21.5 Å². The first kappa shape index (κ1) is 24.0. The van der Waals surface area contributed by atoms with Crippen LogP contribution in [0, 0.1) is 11.8 Å². The highest BCUT2D eigenvalue weighted by atomic mass is 15.4. The lowest BCUT2D eigenvalue weighted by molar-refractivity contribution is 0.311. The summed E-state index contributed by atoms with van der Waals surface area (Å²) >= 11 is 0. The lowest BCUT2D eigenvalue weighted by Gasteiger charge is -2.35. The number of piperidine rings is 1. The SMILES string of the molecule is C=CC(CN)N=C(C)N(N)c1ccc(Cc2ccc(N3CCC(C(C)C)CC3)cc2)cc1. The Morgan fingerprint density at radius 1 is 1.09 bits per heavy atom. The molecule has 1 unspecified atom stereocenters. The Bertz CT molecular complexity index is 877. The Morgan fingerprint density at radius 2 is 1.66 bits per heavy atom. The number of hydrogen-bond donors (Lipinski definition) is 2. The average Bonchev–Trinajstić information content (AvgIpc) is 2.83. The number of amidine groups is 1. The van der Waals surface area contributed by atoms with Crippen LogP contribution in [0.5, 0.6) is 0 Å². The van der Waals surface area contributed by atoms with Crippen LogP contribution in [-0.4, -0.2) is 31.5 Å². The van der Waals surface area contributed by atoms with Gasteiger partial charge >= 0.3 is 0 Å². The molecular formula is C27H39N5. The third kappa shape index (κ3) is 6.21. The molecule has 0 amide bonds. The van der Waals surface area contributed by atoms with Crippen molar-refractivity contribution in [3.8, 4) is 0 Å². The summed E-state index contributed by atoms with van der Waals surface area (Å²) in [5.41, 5.74) is 10.5. The van der Waals surface area contributed by atoms with Gasteiger partial charge in [0.15, 0.2) is 0 Å². The molecule has 0 radical (unpaired) electrons. The van der Waals surface area contributed by atoms with E-state index in [4.69, 9.17) is 11.6 Å². The zero-order valence-electron chi connectivity index (χ0n) is 19.9. The van der Waals surface area contributed by atoms with Crippen LogP contribution in [0.3, 0.4) is 0 Å². The summed E-state index contributed by atoms with van der Waals surface area (Å²) in [6.45, 7) is 13.1. The van der Waals surface area contributed by atoms with Gasteiger partial charge in [0.2, 0.25) is 0 Å². The Hall–Kier alpha value is -2.63. The summed E-state index contributed by atoms with van der Waals surface area (Å²) in [4.78, 5) is 7.04. The van der Waals surface area contributed by atoms with Gasteiger partial charge in [-0.15, -0.1) is 6.58 Å². The van der Waals surface area contributed by atoms with Gasteiger partial charge in [-0.05, 0) is 73.4 Å². The number of hydrazine groups is 1. The van der Waals surface area contributed by atoms with E-state index in [2.05, 4.69) is 66.7 Å². The van der Waals surface area contributed by atoms with Crippen LogP contribution in [0.15, 0.2) is 66.2 Å². The molecule has 1 fully saturated rings. The zero-order chi connectivity index (χ0) is 23.1. The maximum atomic E-state index is 6.23. The van der Waals surface area contributed by atoms with Gasteiger partial charge < -0.3 is 10.6 Å². The molecule has 1 heterocycles. The number of anilines is 2. The molecule has 5 heteroatoms. The largest absolute Gasteiger partial charge is 0.372 e. The Kier molecular flexibility index (Phi) is 8.48. The van der Waals surface area contributed by atoms with Crippen LogP contribution in [0.25, 0.3) is 0 Å². The molecule has 1 aliphatic heterocycles. The molecule has 5 nitrogen and oxygen atoms in total. The van der Waals surface area contributed by atoms with Gasteiger partial charge in [0.25, 0.3) is 0 Å². The van der Waals surface area contributed by atoms with Crippen molar-refractivity contribution < 1.29 is 0 Å². The molecule has 0 saturated carbocycles. The molecule has 0 aliphatic carbocycles. The van der Waals surface area contributed by atoms with E-state index in [9.17, 15) is 0 Å². The minimum Gasteiger partial charge on any atom is -0.372 e. The van der Waals surface area contributed by atoms with E-state index in [-0.39, 0.29) is 6.04 Å². The van der Waals surface area contributed by atoms with Crippen molar-refractivity contribution in [1.82, 2.24) is 0 Å². The number of rotatable bonds is 8. The molecule has 0 aromatic heterocycles. The van der Waals surface area contributed by atoms with Crippen molar-refractivity contribution in [2.45, 2.75) is 46.1 Å². The normalized spacial score (nSPS) is 16.3. The van der Waals surface area contributed by atoms with Crippen LogP contribution in [0.2, 0.25) is 0 Å². The molecule has 2 aromatic carbocycles. The van der Waals surface area contributed by atoms with Crippen LogP contribution in [0.4, 0.5) is 11.4 Å². The minimum absolute atomic E-state index is 0.120. The van der Waals surface area contributed by atoms with Gasteiger partial charge in [-0.3, -0.25) is 10.0 Å². The second-order valence-electron chi connectivity index (χ2n) is 9.16. The summed E-state index contributed by atoms with van der Waals surface area (Å²) in [5, 5.41) is 1.59. The third-order valence-corrected chi connectivity index (χ3v) is 6.62. The number of nitrogens with zero attached hydrogens (tertiary/aromatic N) is 3. The lowest BCUT2D eigenvalue weighted by Crippen LogP contribution is -2.37. The zero-order valence-corrected chi connectivity index (χ0v) is 19.9. The van der Waals surface area contributed by atoms with Crippen molar-refractivity contribution in [1.29, 1.82) is 0 Å². The van der Waals surface area contributed by atoms with E-state index in [0.717, 1.165) is 23.9 Å². The predicted molar refractivity (Wildman–Crippen MR) is 138 cm³/mol. The van der Waals surface area contributed by atoms with E-state index in [0.29, 0.717) is 12.4 Å². The van der Waals surface area contributed by atoms with Gasteiger partial charge in [-0.2, -0.15) is 0 Å². The van der Waals surface area contributed by atoms with Crippen molar-refractivity contribution >= 4 is 17.2 Å². The van der Waals surface area contributed by atoms with Crippen molar-refractivity contribution in [3.63, 3.8) is 0 Å². The highest BCUT2D eigenvalue weighted by Gasteiger charge is 2.21. The number of aliphatic imine (C=N–C) groups is 1. The molecule has 32 heavy (non-hydrogen) atoms. The van der Waals surface area contributed by atoms with Gasteiger partial charge in [-0.25, -0.2) is 5.84 Å². The smallest absolute Gasteiger partial charge is 0.115 e. The quantitative estimate of drug-likeness (QED) is 0.207. The summed E-state index contributed by atoms with van der Waals surface area (Å²) in [7, 11) is 0. The number of hydrogen-bond acceptors (Lipinski definition) is 4. The second-order valence-corrected chi connectivity index (χ2v) is 9.16. The molecule has 0 spiro atoms. The maximum absolute atomic E-state index is 6.23. The molecule has 2 aromatic rings. The van der Waals surface area contributed by atoms with Gasteiger partial charge in [0.05, 0.1) is 11.7 Å². The molecule has 1 saturated heterocycles. The van der Waals surface area contributed by atoms with Gasteiger partial charge in [-0.1, -0.05) is 44.2 Å². The molecule has 1 atom stereocenters. The van der Waals surface area contributed by atoms with Gasteiger partial charge in [0, 0.05) is 25.3 Å². The lowest BCUT2D eigenvalue weighted by atomic mass is 9.86.